The zero-order valence-electron chi connectivity index (χ0n) is 9.72. The summed E-state index contributed by atoms with van der Waals surface area (Å²) in [5.74, 6) is -0.0649. The molecule has 1 aliphatic carbocycles. The summed E-state index contributed by atoms with van der Waals surface area (Å²) in [5.41, 5.74) is -0.294. The number of ketones is 1. The van der Waals surface area contributed by atoms with E-state index in [2.05, 4.69) is 0 Å². The maximum Gasteiger partial charge on any atom is 0.294 e. The molecule has 1 fully saturated rings. The Morgan fingerprint density at radius 1 is 1.12 bits per heavy atom. The standard InChI is InChI=1S/C14H16O3/c15-11-17-14(9-5-2-6-10-14)13(16)12-7-3-1-4-8-12/h1,3-4,7-8,11H,2,5-6,9-10H2. The average molecular weight is 232 g/mol. The first kappa shape index (κ1) is 11.8. The van der Waals surface area contributed by atoms with Gasteiger partial charge in [0.25, 0.3) is 6.47 Å². The second-order valence-corrected chi connectivity index (χ2v) is 4.46. The number of carbonyl (C=O) groups excluding carboxylic acids is 2. The van der Waals surface area contributed by atoms with E-state index in [4.69, 9.17) is 4.74 Å². The molecule has 0 aromatic heterocycles. The lowest BCUT2D eigenvalue weighted by Crippen LogP contribution is -2.43. The molecule has 0 bridgehead atoms. The number of Topliss-reactive ketones (excluding diaryl/α,β-unsaturated/α-hetero) is 1. The smallest absolute Gasteiger partial charge is 0.294 e. The molecule has 90 valence electrons. The maximum absolute atomic E-state index is 12.4. The Morgan fingerprint density at radius 2 is 1.76 bits per heavy atom. The van der Waals surface area contributed by atoms with Crippen molar-refractivity contribution < 1.29 is 14.3 Å². The fourth-order valence-electron chi connectivity index (χ4n) is 2.47. The highest BCUT2D eigenvalue weighted by atomic mass is 16.5. The quantitative estimate of drug-likeness (QED) is 0.592. The van der Waals surface area contributed by atoms with Gasteiger partial charge in [-0.25, -0.2) is 0 Å². The van der Waals surface area contributed by atoms with Crippen LogP contribution in [0.1, 0.15) is 42.5 Å². The molecule has 0 spiro atoms. The van der Waals surface area contributed by atoms with Crippen LogP contribution in [0.2, 0.25) is 0 Å². The summed E-state index contributed by atoms with van der Waals surface area (Å²) in [6.45, 7) is 0.409. The molecule has 1 saturated carbocycles. The third kappa shape index (κ3) is 2.38. The van der Waals surface area contributed by atoms with E-state index in [1.54, 1.807) is 12.1 Å². The Morgan fingerprint density at radius 3 is 2.35 bits per heavy atom. The van der Waals surface area contributed by atoms with E-state index < -0.39 is 5.60 Å². The van der Waals surface area contributed by atoms with Crippen molar-refractivity contribution >= 4 is 12.3 Å². The predicted molar refractivity (Wildman–Crippen MR) is 63.7 cm³/mol. The van der Waals surface area contributed by atoms with E-state index in [-0.39, 0.29) is 5.78 Å². The molecule has 1 aromatic carbocycles. The third-order valence-corrected chi connectivity index (χ3v) is 3.38. The summed E-state index contributed by atoms with van der Waals surface area (Å²) >= 11 is 0. The van der Waals surface area contributed by atoms with Crippen LogP contribution >= 0.6 is 0 Å². The zero-order chi connectivity index (χ0) is 12.1. The molecule has 0 unspecified atom stereocenters. The van der Waals surface area contributed by atoms with Crippen molar-refractivity contribution in [2.45, 2.75) is 37.7 Å². The first-order valence-corrected chi connectivity index (χ1v) is 6.00. The molecule has 3 nitrogen and oxygen atoms in total. The highest BCUT2D eigenvalue weighted by Gasteiger charge is 2.41. The SMILES string of the molecule is O=COC1(C(=O)c2ccccc2)CCCCC1. The van der Waals surface area contributed by atoms with Gasteiger partial charge in [0.15, 0.2) is 5.60 Å². The van der Waals surface area contributed by atoms with Crippen molar-refractivity contribution in [2.24, 2.45) is 0 Å². The number of hydrogen-bond acceptors (Lipinski definition) is 3. The van der Waals surface area contributed by atoms with Crippen LogP contribution in [0.3, 0.4) is 0 Å². The Labute approximate surface area is 101 Å². The molecule has 3 heteroatoms. The first-order chi connectivity index (χ1) is 8.28. The molecule has 2 rings (SSSR count). The monoisotopic (exact) mass is 232 g/mol. The minimum Gasteiger partial charge on any atom is -0.453 e. The number of hydrogen-bond donors (Lipinski definition) is 0. The molecule has 0 heterocycles. The fraction of sp³-hybridized carbons (Fsp3) is 0.429. The molecule has 0 radical (unpaired) electrons. The minimum atomic E-state index is -0.915. The Balaban J connectivity index is 2.27. The van der Waals surface area contributed by atoms with E-state index in [1.807, 2.05) is 18.2 Å². The Hall–Kier alpha value is -1.64. The molecule has 1 aromatic rings. The van der Waals surface area contributed by atoms with Crippen LogP contribution in [0, 0.1) is 0 Å². The first-order valence-electron chi connectivity index (χ1n) is 6.00. The van der Waals surface area contributed by atoms with Crippen molar-refractivity contribution in [3.63, 3.8) is 0 Å². The van der Waals surface area contributed by atoms with E-state index >= 15 is 0 Å². The highest BCUT2D eigenvalue weighted by Crippen LogP contribution is 2.34. The van der Waals surface area contributed by atoms with Gasteiger partial charge in [0.2, 0.25) is 5.78 Å². The van der Waals surface area contributed by atoms with Gasteiger partial charge in [0, 0.05) is 5.56 Å². The van der Waals surface area contributed by atoms with Crippen LogP contribution in [0.15, 0.2) is 30.3 Å². The van der Waals surface area contributed by atoms with Crippen LogP contribution in [-0.4, -0.2) is 17.9 Å². The van der Waals surface area contributed by atoms with E-state index in [9.17, 15) is 9.59 Å². The zero-order valence-corrected chi connectivity index (χ0v) is 9.72. The average Bonchev–Trinajstić information content (AvgIpc) is 2.40. The number of ether oxygens (including phenoxy) is 1. The van der Waals surface area contributed by atoms with Gasteiger partial charge < -0.3 is 4.74 Å². The second-order valence-electron chi connectivity index (χ2n) is 4.46. The van der Waals surface area contributed by atoms with Gasteiger partial charge in [0.1, 0.15) is 0 Å². The minimum absolute atomic E-state index is 0.0649. The van der Waals surface area contributed by atoms with Crippen molar-refractivity contribution in [3.8, 4) is 0 Å². The van der Waals surface area contributed by atoms with Crippen LogP contribution in [0.25, 0.3) is 0 Å². The summed E-state index contributed by atoms with van der Waals surface area (Å²) in [4.78, 5) is 23.1. The lowest BCUT2D eigenvalue weighted by molar-refractivity contribution is -0.141. The van der Waals surface area contributed by atoms with Gasteiger partial charge in [-0.15, -0.1) is 0 Å². The normalized spacial score (nSPS) is 18.4. The van der Waals surface area contributed by atoms with E-state index in [0.717, 1.165) is 19.3 Å². The van der Waals surface area contributed by atoms with Crippen molar-refractivity contribution in [3.05, 3.63) is 35.9 Å². The summed E-state index contributed by atoms with van der Waals surface area (Å²) in [6.07, 6.45) is 4.25. The molecule has 0 atom stereocenters. The van der Waals surface area contributed by atoms with Crippen molar-refractivity contribution in [2.75, 3.05) is 0 Å². The van der Waals surface area contributed by atoms with E-state index in [0.29, 0.717) is 24.9 Å². The topological polar surface area (TPSA) is 43.4 Å². The second kappa shape index (κ2) is 5.13. The fourth-order valence-corrected chi connectivity index (χ4v) is 2.47. The molecule has 0 aliphatic heterocycles. The Kier molecular flexibility index (Phi) is 3.57. The van der Waals surface area contributed by atoms with Crippen LogP contribution in [-0.2, 0) is 9.53 Å². The van der Waals surface area contributed by atoms with Gasteiger partial charge in [0.05, 0.1) is 0 Å². The molecule has 0 N–H and O–H groups in total. The van der Waals surface area contributed by atoms with E-state index in [1.165, 1.54) is 0 Å². The van der Waals surface area contributed by atoms with Gasteiger partial charge >= 0.3 is 0 Å². The maximum atomic E-state index is 12.4. The van der Waals surface area contributed by atoms with Crippen molar-refractivity contribution in [1.29, 1.82) is 0 Å². The largest absolute Gasteiger partial charge is 0.453 e. The van der Waals surface area contributed by atoms with Gasteiger partial charge in [-0.2, -0.15) is 0 Å². The molecule has 1 aliphatic rings. The van der Waals surface area contributed by atoms with Crippen LogP contribution < -0.4 is 0 Å². The molecular formula is C14H16O3. The molecule has 17 heavy (non-hydrogen) atoms. The summed E-state index contributed by atoms with van der Waals surface area (Å²) in [6, 6.07) is 9.06. The van der Waals surface area contributed by atoms with Gasteiger partial charge in [-0.05, 0) is 25.7 Å². The predicted octanol–water partition coefficient (Wildman–Crippen LogP) is 2.75. The lowest BCUT2D eigenvalue weighted by atomic mass is 9.79. The number of benzene rings is 1. The summed E-state index contributed by atoms with van der Waals surface area (Å²) in [5, 5.41) is 0. The number of rotatable bonds is 4. The summed E-state index contributed by atoms with van der Waals surface area (Å²) < 4.78 is 5.16. The Bertz CT molecular complexity index is 391. The molecule has 0 saturated heterocycles. The summed E-state index contributed by atoms with van der Waals surface area (Å²) in [7, 11) is 0. The molecular weight excluding hydrogens is 216 g/mol. The third-order valence-electron chi connectivity index (χ3n) is 3.38. The molecule has 0 amide bonds. The number of carbonyl (C=O) groups is 2. The van der Waals surface area contributed by atoms with Crippen LogP contribution in [0.5, 0.6) is 0 Å². The van der Waals surface area contributed by atoms with Crippen LogP contribution in [0.4, 0.5) is 0 Å². The lowest BCUT2D eigenvalue weighted by Gasteiger charge is -2.33. The van der Waals surface area contributed by atoms with Gasteiger partial charge in [-0.3, -0.25) is 9.59 Å². The van der Waals surface area contributed by atoms with Gasteiger partial charge in [-0.1, -0.05) is 36.8 Å². The highest BCUT2D eigenvalue weighted by molar-refractivity contribution is 6.03. The van der Waals surface area contributed by atoms with Crippen molar-refractivity contribution in [1.82, 2.24) is 0 Å².